The zero-order valence-corrected chi connectivity index (χ0v) is 10.3. The second kappa shape index (κ2) is 5.46. The number of nitrogens with one attached hydrogen (secondary N) is 1. The van der Waals surface area contributed by atoms with Gasteiger partial charge in [-0.15, -0.1) is 0 Å². The van der Waals surface area contributed by atoms with Crippen LogP contribution in [0.4, 0.5) is 0 Å². The highest BCUT2D eigenvalue weighted by atomic mass is 15.2. The lowest BCUT2D eigenvalue weighted by atomic mass is 10.1. The Morgan fingerprint density at radius 2 is 2.12 bits per heavy atom. The van der Waals surface area contributed by atoms with Crippen LogP contribution in [0.3, 0.4) is 0 Å². The van der Waals surface area contributed by atoms with Crippen LogP contribution in [0.1, 0.15) is 24.9 Å². The van der Waals surface area contributed by atoms with Crippen LogP contribution in [0, 0.1) is 5.92 Å². The molecule has 1 aliphatic rings. The first-order valence-corrected chi connectivity index (χ1v) is 6.25. The fraction of sp³-hybridized carbons (Fsp3) is 0.571. The maximum Gasteiger partial charge on any atom is 0.0320 e. The SMILES string of the molecule is CNCC1CCN(C(C)c2ccccc2)C1. The summed E-state index contributed by atoms with van der Waals surface area (Å²) in [5, 5.41) is 3.28. The lowest BCUT2D eigenvalue weighted by molar-refractivity contribution is 0.252. The van der Waals surface area contributed by atoms with E-state index in [-0.39, 0.29) is 0 Å². The van der Waals surface area contributed by atoms with Crippen molar-refractivity contribution in [2.45, 2.75) is 19.4 Å². The van der Waals surface area contributed by atoms with Gasteiger partial charge in [0.15, 0.2) is 0 Å². The molecule has 1 heterocycles. The Balaban J connectivity index is 1.94. The maximum atomic E-state index is 3.28. The summed E-state index contributed by atoms with van der Waals surface area (Å²) >= 11 is 0. The van der Waals surface area contributed by atoms with Crippen molar-refractivity contribution < 1.29 is 0 Å². The van der Waals surface area contributed by atoms with Gasteiger partial charge in [-0.3, -0.25) is 4.90 Å². The minimum absolute atomic E-state index is 0.558. The smallest absolute Gasteiger partial charge is 0.0320 e. The van der Waals surface area contributed by atoms with Crippen molar-refractivity contribution in [3.63, 3.8) is 0 Å². The standard InChI is InChI=1S/C14H22N2/c1-12(14-6-4-3-5-7-14)16-9-8-13(11-16)10-15-2/h3-7,12-13,15H,8-11H2,1-2H3. The van der Waals surface area contributed by atoms with E-state index in [0.717, 1.165) is 12.5 Å². The van der Waals surface area contributed by atoms with Crippen LogP contribution in [0.5, 0.6) is 0 Å². The van der Waals surface area contributed by atoms with Crippen molar-refractivity contribution in [3.8, 4) is 0 Å². The number of hydrogen-bond donors (Lipinski definition) is 1. The summed E-state index contributed by atoms with van der Waals surface area (Å²) in [5.74, 6) is 0.830. The van der Waals surface area contributed by atoms with Gasteiger partial charge in [0.1, 0.15) is 0 Å². The number of hydrogen-bond acceptors (Lipinski definition) is 2. The summed E-state index contributed by atoms with van der Waals surface area (Å²) in [7, 11) is 2.04. The van der Waals surface area contributed by atoms with Crippen LogP contribution in [-0.4, -0.2) is 31.6 Å². The minimum atomic E-state index is 0.558. The molecule has 0 amide bonds. The summed E-state index contributed by atoms with van der Waals surface area (Å²) in [5.41, 5.74) is 1.44. The molecular formula is C14H22N2. The normalized spacial score (nSPS) is 23.5. The largest absolute Gasteiger partial charge is 0.319 e. The van der Waals surface area contributed by atoms with Gasteiger partial charge in [0, 0.05) is 12.6 Å². The molecule has 0 aliphatic carbocycles. The Bertz CT molecular complexity index is 310. The van der Waals surface area contributed by atoms with E-state index in [1.54, 1.807) is 0 Å². The van der Waals surface area contributed by atoms with E-state index < -0.39 is 0 Å². The van der Waals surface area contributed by atoms with Crippen LogP contribution >= 0.6 is 0 Å². The lowest BCUT2D eigenvalue weighted by Crippen LogP contribution is -2.27. The van der Waals surface area contributed by atoms with Gasteiger partial charge in [0.25, 0.3) is 0 Å². The molecule has 0 bridgehead atoms. The average Bonchev–Trinajstić information content (AvgIpc) is 2.78. The highest BCUT2D eigenvalue weighted by molar-refractivity contribution is 5.18. The van der Waals surface area contributed by atoms with E-state index >= 15 is 0 Å². The Morgan fingerprint density at radius 1 is 1.38 bits per heavy atom. The topological polar surface area (TPSA) is 15.3 Å². The molecule has 2 nitrogen and oxygen atoms in total. The third-order valence-electron chi connectivity index (χ3n) is 3.64. The van der Waals surface area contributed by atoms with Gasteiger partial charge < -0.3 is 5.32 Å². The van der Waals surface area contributed by atoms with Crippen molar-refractivity contribution >= 4 is 0 Å². The van der Waals surface area contributed by atoms with Crippen molar-refractivity contribution in [2.75, 3.05) is 26.7 Å². The molecule has 16 heavy (non-hydrogen) atoms. The van der Waals surface area contributed by atoms with Crippen LogP contribution in [0.25, 0.3) is 0 Å². The van der Waals surface area contributed by atoms with E-state index in [9.17, 15) is 0 Å². The van der Waals surface area contributed by atoms with Gasteiger partial charge in [0.2, 0.25) is 0 Å². The molecule has 2 atom stereocenters. The highest BCUT2D eigenvalue weighted by Crippen LogP contribution is 2.26. The summed E-state index contributed by atoms with van der Waals surface area (Å²) in [4.78, 5) is 2.59. The maximum absolute atomic E-state index is 3.28. The predicted molar refractivity (Wildman–Crippen MR) is 68.5 cm³/mol. The first kappa shape index (κ1) is 11.6. The van der Waals surface area contributed by atoms with Gasteiger partial charge >= 0.3 is 0 Å². The van der Waals surface area contributed by atoms with Crippen molar-refractivity contribution in [2.24, 2.45) is 5.92 Å². The minimum Gasteiger partial charge on any atom is -0.319 e. The Kier molecular flexibility index (Phi) is 3.97. The Hall–Kier alpha value is -0.860. The quantitative estimate of drug-likeness (QED) is 0.834. The highest BCUT2D eigenvalue weighted by Gasteiger charge is 2.25. The van der Waals surface area contributed by atoms with Crippen LogP contribution < -0.4 is 5.32 Å². The number of benzene rings is 1. The van der Waals surface area contributed by atoms with E-state index in [4.69, 9.17) is 0 Å². The fourth-order valence-corrected chi connectivity index (χ4v) is 2.61. The van der Waals surface area contributed by atoms with Gasteiger partial charge in [-0.2, -0.15) is 0 Å². The number of likely N-dealkylation sites (tertiary alicyclic amines) is 1. The second-order valence-corrected chi connectivity index (χ2v) is 4.79. The zero-order valence-electron chi connectivity index (χ0n) is 10.3. The molecule has 2 heteroatoms. The fourth-order valence-electron chi connectivity index (χ4n) is 2.61. The first-order valence-electron chi connectivity index (χ1n) is 6.25. The second-order valence-electron chi connectivity index (χ2n) is 4.79. The summed E-state index contributed by atoms with van der Waals surface area (Å²) in [6.45, 7) is 5.94. The monoisotopic (exact) mass is 218 g/mol. The zero-order chi connectivity index (χ0) is 11.4. The predicted octanol–water partition coefficient (Wildman–Crippen LogP) is 2.29. The molecule has 0 saturated carbocycles. The molecule has 88 valence electrons. The van der Waals surface area contributed by atoms with Gasteiger partial charge in [-0.1, -0.05) is 30.3 Å². The third-order valence-corrected chi connectivity index (χ3v) is 3.64. The van der Waals surface area contributed by atoms with Crippen molar-refractivity contribution in [1.29, 1.82) is 0 Å². The molecular weight excluding hydrogens is 196 g/mol. The van der Waals surface area contributed by atoms with Crippen LogP contribution in [-0.2, 0) is 0 Å². The molecule has 0 aromatic heterocycles. The van der Waals surface area contributed by atoms with Crippen molar-refractivity contribution in [3.05, 3.63) is 35.9 Å². The Morgan fingerprint density at radius 3 is 2.81 bits per heavy atom. The van der Waals surface area contributed by atoms with Gasteiger partial charge in [-0.05, 0) is 45.0 Å². The average molecular weight is 218 g/mol. The van der Waals surface area contributed by atoms with Crippen LogP contribution in [0.15, 0.2) is 30.3 Å². The lowest BCUT2D eigenvalue weighted by Gasteiger charge is -2.24. The Labute approximate surface area is 98.7 Å². The molecule has 1 aromatic rings. The summed E-state index contributed by atoms with van der Waals surface area (Å²) in [6, 6.07) is 11.4. The molecule has 0 radical (unpaired) electrons. The van der Waals surface area contributed by atoms with E-state index in [2.05, 4.69) is 47.5 Å². The summed E-state index contributed by atoms with van der Waals surface area (Å²) in [6.07, 6.45) is 1.33. The number of rotatable bonds is 4. The first-order chi connectivity index (χ1) is 7.81. The van der Waals surface area contributed by atoms with E-state index in [1.165, 1.54) is 25.1 Å². The van der Waals surface area contributed by atoms with E-state index in [0.29, 0.717) is 6.04 Å². The molecule has 2 unspecified atom stereocenters. The van der Waals surface area contributed by atoms with Crippen molar-refractivity contribution in [1.82, 2.24) is 10.2 Å². The molecule has 2 rings (SSSR count). The number of nitrogens with zero attached hydrogens (tertiary/aromatic N) is 1. The molecule has 1 N–H and O–H groups in total. The molecule has 1 aliphatic heterocycles. The molecule has 0 spiro atoms. The molecule has 1 fully saturated rings. The summed E-state index contributed by atoms with van der Waals surface area (Å²) < 4.78 is 0. The van der Waals surface area contributed by atoms with Gasteiger partial charge in [0.05, 0.1) is 0 Å². The van der Waals surface area contributed by atoms with E-state index in [1.807, 2.05) is 7.05 Å². The third kappa shape index (κ3) is 2.63. The van der Waals surface area contributed by atoms with Crippen LogP contribution in [0.2, 0.25) is 0 Å². The molecule has 1 saturated heterocycles. The molecule has 1 aromatic carbocycles. The van der Waals surface area contributed by atoms with Gasteiger partial charge in [-0.25, -0.2) is 0 Å².